The van der Waals surface area contributed by atoms with Crippen LogP contribution in [0.3, 0.4) is 0 Å². The Bertz CT molecular complexity index is 795. The Morgan fingerprint density at radius 2 is 1.55 bits per heavy atom. The fourth-order valence-corrected chi connectivity index (χ4v) is 2.16. The van der Waals surface area contributed by atoms with Gasteiger partial charge >= 0.3 is 0 Å². The average molecular weight is 290 g/mol. The summed E-state index contributed by atoms with van der Waals surface area (Å²) in [6.45, 7) is 0. The van der Waals surface area contributed by atoms with Gasteiger partial charge < -0.3 is 9.84 Å². The Labute approximate surface area is 128 Å². The summed E-state index contributed by atoms with van der Waals surface area (Å²) in [5.74, 6) is 0.955. The van der Waals surface area contributed by atoms with Crippen LogP contribution >= 0.6 is 0 Å². The molecule has 0 fully saturated rings. The minimum Gasteiger partial charge on any atom is -0.508 e. The quantitative estimate of drug-likeness (QED) is 0.724. The molecule has 0 atom stereocenters. The fourth-order valence-electron chi connectivity index (χ4n) is 2.16. The zero-order chi connectivity index (χ0) is 15.4. The Morgan fingerprint density at radius 3 is 2.32 bits per heavy atom. The van der Waals surface area contributed by atoms with Gasteiger partial charge in [0.15, 0.2) is 5.78 Å². The number of rotatable bonds is 4. The molecular weight excluding hydrogens is 276 g/mol. The molecule has 3 aromatic carbocycles. The van der Waals surface area contributed by atoms with Crippen molar-refractivity contribution in [3.63, 3.8) is 0 Å². The summed E-state index contributed by atoms with van der Waals surface area (Å²) in [6, 6.07) is 22.6. The Hall–Kier alpha value is -3.07. The van der Waals surface area contributed by atoms with Crippen molar-refractivity contribution in [3.8, 4) is 17.2 Å². The largest absolute Gasteiger partial charge is 0.508 e. The van der Waals surface area contributed by atoms with Crippen LogP contribution in [0.2, 0.25) is 0 Å². The van der Waals surface area contributed by atoms with Crippen molar-refractivity contribution in [2.45, 2.75) is 0 Å². The third-order valence-corrected chi connectivity index (χ3v) is 3.21. The lowest BCUT2D eigenvalue weighted by molar-refractivity contribution is 0.103. The van der Waals surface area contributed by atoms with Gasteiger partial charge in [0.25, 0.3) is 0 Å². The van der Waals surface area contributed by atoms with Crippen LogP contribution in [0.15, 0.2) is 78.9 Å². The first-order valence-electron chi connectivity index (χ1n) is 6.90. The molecule has 22 heavy (non-hydrogen) atoms. The molecule has 3 heteroatoms. The first-order valence-corrected chi connectivity index (χ1v) is 6.90. The fraction of sp³-hybridized carbons (Fsp3) is 0. The smallest absolute Gasteiger partial charge is 0.196 e. The standard InChI is InChI=1S/C19H14O3/c20-15-9-6-10-16(13-15)22-18-12-5-4-11-17(18)19(21)14-7-2-1-3-8-14/h1-13,20H. The Morgan fingerprint density at radius 1 is 0.818 bits per heavy atom. The number of phenolic OH excluding ortho intramolecular Hbond substituents is 1. The number of carbonyl (C=O) groups excluding carboxylic acids is 1. The monoisotopic (exact) mass is 290 g/mol. The predicted molar refractivity (Wildman–Crippen MR) is 84.5 cm³/mol. The van der Waals surface area contributed by atoms with E-state index in [0.29, 0.717) is 22.6 Å². The van der Waals surface area contributed by atoms with E-state index < -0.39 is 0 Å². The molecule has 3 nitrogen and oxygen atoms in total. The maximum absolute atomic E-state index is 12.6. The van der Waals surface area contributed by atoms with E-state index in [4.69, 9.17) is 4.74 Å². The number of ether oxygens (including phenoxy) is 1. The number of hydrogen-bond donors (Lipinski definition) is 1. The molecule has 0 spiro atoms. The van der Waals surface area contributed by atoms with Gasteiger partial charge in [-0.1, -0.05) is 48.5 Å². The molecular formula is C19H14O3. The van der Waals surface area contributed by atoms with E-state index in [0.717, 1.165) is 0 Å². The van der Waals surface area contributed by atoms with E-state index in [2.05, 4.69) is 0 Å². The van der Waals surface area contributed by atoms with E-state index in [9.17, 15) is 9.90 Å². The second-order valence-corrected chi connectivity index (χ2v) is 4.79. The highest BCUT2D eigenvalue weighted by Crippen LogP contribution is 2.28. The van der Waals surface area contributed by atoms with Crippen molar-refractivity contribution in [1.82, 2.24) is 0 Å². The number of aromatic hydroxyl groups is 1. The summed E-state index contributed by atoms with van der Waals surface area (Å²) in [5, 5.41) is 9.50. The molecule has 0 aromatic heterocycles. The number of benzene rings is 3. The van der Waals surface area contributed by atoms with Gasteiger partial charge in [-0.05, 0) is 24.3 Å². The maximum Gasteiger partial charge on any atom is 0.196 e. The van der Waals surface area contributed by atoms with Crippen molar-refractivity contribution in [1.29, 1.82) is 0 Å². The van der Waals surface area contributed by atoms with E-state index in [-0.39, 0.29) is 11.5 Å². The van der Waals surface area contributed by atoms with Crippen molar-refractivity contribution in [2.24, 2.45) is 0 Å². The minimum absolute atomic E-state index is 0.101. The van der Waals surface area contributed by atoms with E-state index in [1.54, 1.807) is 54.6 Å². The second kappa shape index (κ2) is 6.14. The number of ketones is 1. The summed E-state index contributed by atoms with van der Waals surface area (Å²) >= 11 is 0. The lowest BCUT2D eigenvalue weighted by atomic mass is 10.0. The van der Waals surface area contributed by atoms with Gasteiger partial charge in [0, 0.05) is 11.6 Å². The topological polar surface area (TPSA) is 46.5 Å². The van der Waals surface area contributed by atoms with Gasteiger partial charge in [0.2, 0.25) is 0 Å². The Balaban J connectivity index is 1.95. The molecule has 0 aliphatic carbocycles. The highest BCUT2D eigenvalue weighted by Gasteiger charge is 2.14. The van der Waals surface area contributed by atoms with Crippen LogP contribution in [-0.2, 0) is 0 Å². The number of carbonyl (C=O) groups is 1. The lowest BCUT2D eigenvalue weighted by Crippen LogP contribution is -2.03. The van der Waals surface area contributed by atoms with Crippen LogP contribution in [-0.4, -0.2) is 10.9 Å². The second-order valence-electron chi connectivity index (χ2n) is 4.79. The van der Waals surface area contributed by atoms with Gasteiger partial charge in [-0.3, -0.25) is 4.79 Å². The summed E-state index contributed by atoms with van der Waals surface area (Å²) in [5.41, 5.74) is 1.09. The van der Waals surface area contributed by atoms with Crippen LogP contribution in [0, 0.1) is 0 Å². The molecule has 0 aliphatic rings. The third-order valence-electron chi connectivity index (χ3n) is 3.21. The van der Waals surface area contributed by atoms with Crippen molar-refractivity contribution in [2.75, 3.05) is 0 Å². The molecule has 0 saturated carbocycles. The number of hydrogen-bond acceptors (Lipinski definition) is 3. The highest BCUT2D eigenvalue weighted by atomic mass is 16.5. The number of phenols is 1. The summed E-state index contributed by atoms with van der Waals surface area (Å²) in [6.07, 6.45) is 0. The van der Waals surface area contributed by atoms with Crippen LogP contribution in [0.25, 0.3) is 0 Å². The van der Waals surface area contributed by atoms with Crippen molar-refractivity contribution < 1.29 is 14.6 Å². The normalized spacial score (nSPS) is 10.2. The Kier molecular flexibility index (Phi) is 3.88. The van der Waals surface area contributed by atoms with Gasteiger partial charge in [-0.25, -0.2) is 0 Å². The molecule has 0 heterocycles. The van der Waals surface area contributed by atoms with Crippen LogP contribution in [0.4, 0.5) is 0 Å². The van der Waals surface area contributed by atoms with E-state index in [1.165, 1.54) is 6.07 Å². The minimum atomic E-state index is -0.101. The van der Waals surface area contributed by atoms with Gasteiger partial charge in [0.1, 0.15) is 17.2 Å². The molecule has 0 bridgehead atoms. The molecule has 1 N–H and O–H groups in total. The molecule has 3 aromatic rings. The maximum atomic E-state index is 12.6. The zero-order valence-corrected chi connectivity index (χ0v) is 11.8. The van der Waals surface area contributed by atoms with Crippen LogP contribution < -0.4 is 4.74 Å². The van der Waals surface area contributed by atoms with Crippen LogP contribution in [0.1, 0.15) is 15.9 Å². The predicted octanol–water partition coefficient (Wildman–Crippen LogP) is 4.42. The molecule has 0 amide bonds. The van der Waals surface area contributed by atoms with Gasteiger partial charge in [-0.2, -0.15) is 0 Å². The van der Waals surface area contributed by atoms with E-state index >= 15 is 0 Å². The van der Waals surface area contributed by atoms with Crippen molar-refractivity contribution in [3.05, 3.63) is 90.0 Å². The third kappa shape index (κ3) is 2.99. The zero-order valence-electron chi connectivity index (χ0n) is 11.8. The SMILES string of the molecule is O=C(c1ccccc1)c1ccccc1Oc1cccc(O)c1. The van der Waals surface area contributed by atoms with Crippen LogP contribution in [0.5, 0.6) is 17.2 Å². The lowest BCUT2D eigenvalue weighted by Gasteiger charge is -2.10. The van der Waals surface area contributed by atoms with E-state index in [1.807, 2.05) is 18.2 Å². The van der Waals surface area contributed by atoms with Crippen molar-refractivity contribution >= 4 is 5.78 Å². The summed E-state index contributed by atoms with van der Waals surface area (Å²) in [7, 11) is 0. The summed E-state index contributed by atoms with van der Waals surface area (Å²) < 4.78 is 5.75. The molecule has 0 unspecified atom stereocenters. The molecule has 108 valence electrons. The summed E-state index contributed by atoms with van der Waals surface area (Å²) in [4.78, 5) is 12.6. The molecule has 0 aliphatic heterocycles. The molecule has 0 saturated heterocycles. The van der Waals surface area contributed by atoms with Gasteiger partial charge in [0.05, 0.1) is 5.56 Å². The average Bonchev–Trinajstić information content (AvgIpc) is 2.56. The molecule has 3 rings (SSSR count). The first-order chi connectivity index (χ1) is 10.7. The highest BCUT2D eigenvalue weighted by molar-refractivity contribution is 6.10. The van der Waals surface area contributed by atoms with Gasteiger partial charge in [-0.15, -0.1) is 0 Å². The molecule has 0 radical (unpaired) electrons. The number of para-hydroxylation sites is 1. The first kappa shape index (κ1) is 13.9.